The first-order valence-corrected chi connectivity index (χ1v) is 8.94. The molecule has 0 unspecified atom stereocenters. The van der Waals surface area contributed by atoms with Crippen molar-refractivity contribution in [2.24, 2.45) is 0 Å². The van der Waals surface area contributed by atoms with Crippen LogP contribution in [0.25, 0.3) is 10.9 Å². The van der Waals surface area contributed by atoms with Crippen LogP contribution in [0.15, 0.2) is 78.8 Å². The molecule has 0 radical (unpaired) electrons. The van der Waals surface area contributed by atoms with Crippen LogP contribution in [0.4, 0.5) is 18.9 Å². The topological polar surface area (TPSA) is 62.7 Å². The third-order valence-electron chi connectivity index (χ3n) is 4.62. The zero-order chi connectivity index (χ0) is 20.4. The summed E-state index contributed by atoms with van der Waals surface area (Å²) in [5, 5.41) is 3.75. The van der Waals surface area contributed by atoms with Gasteiger partial charge in [-0.25, -0.2) is 10.9 Å². The molecule has 0 bridgehead atoms. The second-order valence-corrected chi connectivity index (χ2v) is 6.61. The molecule has 148 valence electrons. The zero-order valence-electron chi connectivity index (χ0n) is 15.2. The number of allylic oxidation sites excluding steroid dienone is 2. The minimum atomic E-state index is -4.36. The number of hydrogen-bond acceptors (Lipinski definition) is 2. The lowest BCUT2D eigenvalue weighted by molar-refractivity contribution is -0.641. The van der Waals surface area contributed by atoms with Gasteiger partial charge in [-0.1, -0.05) is 30.3 Å². The molecule has 2 aromatic carbocycles. The summed E-state index contributed by atoms with van der Waals surface area (Å²) in [5.74, 6) is -0.275. The molecule has 1 amide bonds. The fourth-order valence-corrected chi connectivity index (χ4v) is 3.20. The predicted octanol–water partition coefficient (Wildman–Crippen LogP) is 3.13. The van der Waals surface area contributed by atoms with Crippen molar-refractivity contribution < 1.29 is 23.4 Å². The Kier molecular flexibility index (Phi) is 4.85. The second-order valence-electron chi connectivity index (χ2n) is 6.61. The summed E-state index contributed by atoms with van der Waals surface area (Å²) in [6.07, 6.45) is 2.66. The van der Waals surface area contributed by atoms with Crippen molar-refractivity contribution in [3.8, 4) is 0 Å². The molecule has 0 fully saturated rings. The Balaban J connectivity index is 1.61. The maximum atomic E-state index is 12.8. The minimum Gasteiger partial charge on any atom is -0.341 e. The van der Waals surface area contributed by atoms with Crippen LogP contribution in [-0.4, -0.2) is 10.5 Å². The number of nitrogens with zero attached hydrogens (tertiary/aromatic N) is 1. The number of anilines is 1. The molecule has 0 saturated heterocycles. The van der Waals surface area contributed by atoms with Gasteiger partial charge in [-0.3, -0.25) is 4.79 Å². The van der Waals surface area contributed by atoms with Crippen LogP contribution in [0.3, 0.4) is 0 Å². The van der Waals surface area contributed by atoms with Gasteiger partial charge in [-0.05, 0) is 35.9 Å². The van der Waals surface area contributed by atoms with Gasteiger partial charge in [0.2, 0.25) is 0 Å². The number of carbonyl (C=O) groups is 1. The Bertz CT molecular complexity index is 1110. The van der Waals surface area contributed by atoms with E-state index in [1.807, 2.05) is 28.8 Å². The van der Waals surface area contributed by atoms with Crippen molar-refractivity contribution in [1.29, 1.82) is 0 Å². The summed E-state index contributed by atoms with van der Waals surface area (Å²) in [4.78, 5) is 12.5. The van der Waals surface area contributed by atoms with Gasteiger partial charge in [0, 0.05) is 18.1 Å². The Labute approximate surface area is 164 Å². The monoisotopic (exact) mass is 399 g/mol. The van der Waals surface area contributed by atoms with E-state index in [-0.39, 0.29) is 5.91 Å². The Morgan fingerprint density at radius 1 is 1.10 bits per heavy atom. The molecule has 1 aliphatic rings. The number of fused-ring (bicyclic) bond motifs is 1. The summed E-state index contributed by atoms with van der Waals surface area (Å²) < 4.78 is 40.2. The first kappa shape index (κ1) is 18.8. The van der Waals surface area contributed by atoms with Crippen LogP contribution in [0, 0.1) is 0 Å². The van der Waals surface area contributed by atoms with E-state index in [1.165, 1.54) is 12.1 Å². The van der Waals surface area contributed by atoms with E-state index in [4.69, 9.17) is 0 Å². The summed E-state index contributed by atoms with van der Waals surface area (Å²) in [6.45, 7) is 0.381. The quantitative estimate of drug-likeness (QED) is 0.591. The van der Waals surface area contributed by atoms with Gasteiger partial charge in [0.25, 0.3) is 5.91 Å². The number of aromatic nitrogens is 1. The van der Waals surface area contributed by atoms with Gasteiger partial charge >= 0.3 is 6.18 Å². The average Bonchev–Trinajstić information content (AvgIpc) is 3.06. The highest BCUT2D eigenvalue weighted by atomic mass is 19.4. The number of benzene rings is 2. The number of alkyl halides is 3. The van der Waals surface area contributed by atoms with Crippen LogP contribution in [0.5, 0.6) is 0 Å². The van der Waals surface area contributed by atoms with Gasteiger partial charge in [0.05, 0.1) is 16.8 Å². The lowest BCUT2D eigenvalue weighted by Gasteiger charge is -2.09. The Hall–Kier alpha value is -3.52. The molecule has 0 aliphatic carbocycles. The fraction of sp³-hybridized carbons (Fsp3) is 0.0952. The van der Waals surface area contributed by atoms with Crippen LogP contribution >= 0.6 is 0 Å². The van der Waals surface area contributed by atoms with Crippen molar-refractivity contribution >= 4 is 22.5 Å². The number of nitrogens with two attached hydrogens (primary N) is 1. The average molecular weight is 399 g/mol. The maximum absolute atomic E-state index is 12.8. The zero-order valence-corrected chi connectivity index (χ0v) is 15.2. The number of quaternary nitrogens is 1. The lowest BCUT2D eigenvalue weighted by Crippen LogP contribution is -2.88. The third-order valence-corrected chi connectivity index (χ3v) is 4.62. The van der Waals surface area contributed by atoms with E-state index < -0.39 is 11.7 Å². The summed E-state index contributed by atoms with van der Waals surface area (Å²) in [7, 11) is 0. The van der Waals surface area contributed by atoms with Gasteiger partial charge in [-0.2, -0.15) is 13.2 Å². The smallest absolute Gasteiger partial charge is 0.341 e. The van der Waals surface area contributed by atoms with Crippen molar-refractivity contribution in [1.82, 2.24) is 9.99 Å². The molecule has 8 heteroatoms. The van der Waals surface area contributed by atoms with Crippen molar-refractivity contribution in [3.63, 3.8) is 0 Å². The molecular formula is C21H18F3N4O+. The van der Waals surface area contributed by atoms with E-state index in [1.54, 1.807) is 30.0 Å². The van der Waals surface area contributed by atoms with Gasteiger partial charge in [0.1, 0.15) is 6.20 Å². The third kappa shape index (κ3) is 4.02. The van der Waals surface area contributed by atoms with Crippen LogP contribution in [0.1, 0.15) is 11.1 Å². The molecule has 0 atom stereocenters. The molecule has 3 aromatic rings. The van der Waals surface area contributed by atoms with Gasteiger partial charge in [0.15, 0.2) is 5.70 Å². The van der Waals surface area contributed by atoms with Crippen molar-refractivity contribution in [2.75, 3.05) is 5.32 Å². The SMILES string of the molecule is O=C(Nc1cn(Cc2ccc(C(F)(F)F)cc2)c2ccccc12)C1=CC=C[NH2+]N1. The first-order valence-electron chi connectivity index (χ1n) is 8.94. The molecular weight excluding hydrogens is 381 g/mol. The Morgan fingerprint density at radius 2 is 1.86 bits per heavy atom. The standard InChI is InChI=1S/C21H17F3N4O/c22-21(23,24)15-9-7-14(8-10-15)12-28-13-18(16-4-1-2-6-19(16)28)26-20(29)17-5-3-11-25-27-17/h1-11,13,25,27H,12H2,(H,26,29)/p+1. The summed E-state index contributed by atoms with van der Waals surface area (Å²) in [6, 6.07) is 12.6. The number of hydrogen-bond donors (Lipinski definition) is 3. The largest absolute Gasteiger partial charge is 0.416 e. The molecule has 0 saturated carbocycles. The molecule has 1 aliphatic heterocycles. The highest BCUT2D eigenvalue weighted by molar-refractivity contribution is 6.08. The van der Waals surface area contributed by atoms with E-state index in [2.05, 4.69) is 10.7 Å². The van der Waals surface area contributed by atoms with E-state index in [0.29, 0.717) is 17.9 Å². The molecule has 4 N–H and O–H groups in total. The van der Waals surface area contributed by atoms with Gasteiger partial charge in [-0.15, -0.1) is 0 Å². The number of halogens is 3. The number of rotatable bonds is 4. The number of nitrogens with one attached hydrogen (secondary N) is 2. The predicted molar refractivity (Wildman–Crippen MR) is 103 cm³/mol. The first-order chi connectivity index (χ1) is 13.9. The van der Waals surface area contributed by atoms with Gasteiger partial charge < -0.3 is 9.88 Å². The second kappa shape index (κ2) is 7.48. The molecule has 0 spiro atoms. The van der Waals surface area contributed by atoms with Crippen molar-refractivity contribution in [3.05, 3.63) is 89.9 Å². The lowest BCUT2D eigenvalue weighted by atomic mass is 10.1. The maximum Gasteiger partial charge on any atom is 0.416 e. The number of amides is 1. The number of carbonyl (C=O) groups excluding carboxylic acids is 1. The highest BCUT2D eigenvalue weighted by Crippen LogP contribution is 2.30. The van der Waals surface area contributed by atoms with Crippen LogP contribution in [-0.2, 0) is 17.5 Å². The molecule has 29 heavy (non-hydrogen) atoms. The van der Waals surface area contributed by atoms with E-state index >= 15 is 0 Å². The molecule has 1 aromatic heterocycles. The highest BCUT2D eigenvalue weighted by Gasteiger charge is 2.29. The van der Waals surface area contributed by atoms with E-state index in [9.17, 15) is 18.0 Å². The van der Waals surface area contributed by atoms with Crippen molar-refractivity contribution in [2.45, 2.75) is 12.7 Å². The normalized spacial score (nSPS) is 13.8. The van der Waals surface area contributed by atoms with Crippen LogP contribution < -0.4 is 16.2 Å². The number of para-hydroxylation sites is 1. The minimum absolute atomic E-state index is 0.275. The Morgan fingerprint density at radius 3 is 2.55 bits per heavy atom. The fourth-order valence-electron chi connectivity index (χ4n) is 3.20. The van der Waals surface area contributed by atoms with E-state index in [0.717, 1.165) is 28.6 Å². The summed E-state index contributed by atoms with van der Waals surface area (Å²) in [5.41, 5.74) is 6.55. The van der Waals surface area contributed by atoms with Crippen LogP contribution in [0.2, 0.25) is 0 Å². The summed E-state index contributed by atoms with van der Waals surface area (Å²) >= 11 is 0. The molecule has 2 heterocycles. The molecule has 5 nitrogen and oxygen atoms in total. The molecule has 4 rings (SSSR count).